The third-order valence-corrected chi connectivity index (χ3v) is 3.71. The van der Waals surface area contributed by atoms with Gasteiger partial charge in [0.05, 0.1) is 11.1 Å². The van der Waals surface area contributed by atoms with Gasteiger partial charge < -0.3 is 10.1 Å². The fourth-order valence-corrected chi connectivity index (χ4v) is 2.98. The van der Waals surface area contributed by atoms with E-state index >= 15 is 0 Å². The Kier molecular flexibility index (Phi) is 1.87. The molecule has 0 unspecified atom stereocenters. The van der Waals surface area contributed by atoms with Gasteiger partial charge in [0.25, 0.3) is 0 Å². The minimum absolute atomic E-state index is 0.101. The highest BCUT2D eigenvalue weighted by Gasteiger charge is 2.44. The van der Waals surface area contributed by atoms with Crippen LogP contribution in [0.2, 0.25) is 0 Å². The van der Waals surface area contributed by atoms with Crippen molar-refractivity contribution >= 4 is 5.97 Å². The Morgan fingerprint density at radius 2 is 2.07 bits per heavy atom. The Hall–Kier alpha value is -1.25. The van der Waals surface area contributed by atoms with Crippen molar-refractivity contribution < 1.29 is 9.53 Å². The summed E-state index contributed by atoms with van der Waals surface area (Å²) in [5.41, 5.74) is 1.89. The molecule has 0 aromatic heterocycles. The monoisotopic (exact) mass is 205 g/mol. The highest BCUT2D eigenvalue weighted by Crippen LogP contribution is 2.40. The summed E-state index contributed by atoms with van der Waals surface area (Å²) >= 11 is 0. The van der Waals surface area contributed by atoms with Gasteiger partial charge in [0, 0.05) is 5.57 Å². The fraction of sp³-hybridized carbons (Fsp3) is 0.583. The van der Waals surface area contributed by atoms with Crippen molar-refractivity contribution in [3.63, 3.8) is 0 Å². The molecule has 0 saturated heterocycles. The maximum absolute atomic E-state index is 11.7. The molecule has 15 heavy (non-hydrogen) atoms. The average molecular weight is 205 g/mol. The molecule has 0 bridgehead atoms. The summed E-state index contributed by atoms with van der Waals surface area (Å²) in [4.78, 5) is 11.7. The Bertz CT molecular complexity index is 362. The lowest BCUT2D eigenvalue weighted by Gasteiger charge is -2.39. The van der Waals surface area contributed by atoms with Crippen LogP contribution in [-0.2, 0) is 9.53 Å². The van der Waals surface area contributed by atoms with Crippen molar-refractivity contribution in [2.75, 3.05) is 6.61 Å². The minimum Gasteiger partial charge on any atom is -0.457 e. The van der Waals surface area contributed by atoms with Crippen molar-refractivity contribution in [2.24, 2.45) is 0 Å². The number of dihydropyridines is 1. The van der Waals surface area contributed by atoms with Crippen molar-refractivity contribution in [3.05, 3.63) is 23.4 Å². The Morgan fingerprint density at radius 1 is 1.27 bits per heavy atom. The number of hydrogen-bond donors (Lipinski definition) is 1. The molecule has 0 aromatic rings. The predicted molar refractivity (Wildman–Crippen MR) is 56.1 cm³/mol. The molecule has 1 spiro atoms. The standard InChI is InChI=1S/C12H15NO2/c14-11-10-9(8-15-11)4-7-13-12(10)5-2-1-3-6-12/h4,7,13H,1-3,5-6,8H2. The fourth-order valence-electron chi connectivity index (χ4n) is 2.98. The summed E-state index contributed by atoms with van der Waals surface area (Å²) in [6.07, 6.45) is 9.75. The lowest BCUT2D eigenvalue weighted by molar-refractivity contribution is -0.136. The third-order valence-electron chi connectivity index (χ3n) is 3.71. The number of esters is 1. The second-order valence-corrected chi connectivity index (χ2v) is 4.60. The van der Waals surface area contributed by atoms with Gasteiger partial charge in [-0.25, -0.2) is 4.79 Å². The van der Waals surface area contributed by atoms with Gasteiger partial charge in [-0.2, -0.15) is 0 Å². The molecule has 0 amide bonds. The van der Waals surface area contributed by atoms with E-state index in [1.165, 1.54) is 19.3 Å². The topological polar surface area (TPSA) is 38.3 Å². The smallest absolute Gasteiger partial charge is 0.337 e. The zero-order chi connectivity index (χ0) is 10.3. The number of carbonyl (C=O) groups excluding carboxylic acids is 1. The van der Waals surface area contributed by atoms with Gasteiger partial charge in [0.15, 0.2) is 0 Å². The molecule has 1 fully saturated rings. The number of hydrogen-bond acceptors (Lipinski definition) is 3. The summed E-state index contributed by atoms with van der Waals surface area (Å²) in [5.74, 6) is -0.108. The maximum atomic E-state index is 11.7. The van der Waals surface area contributed by atoms with Gasteiger partial charge in [0.2, 0.25) is 0 Å². The first-order chi connectivity index (χ1) is 7.32. The van der Waals surface area contributed by atoms with E-state index < -0.39 is 0 Å². The van der Waals surface area contributed by atoms with Gasteiger partial charge in [-0.3, -0.25) is 0 Å². The van der Waals surface area contributed by atoms with Gasteiger partial charge >= 0.3 is 5.97 Å². The average Bonchev–Trinajstić information content (AvgIpc) is 2.63. The van der Waals surface area contributed by atoms with Crippen molar-refractivity contribution in [2.45, 2.75) is 37.6 Å². The molecule has 3 aliphatic rings. The van der Waals surface area contributed by atoms with Gasteiger partial charge in [-0.15, -0.1) is 0 Å². The molecular formula is C12H15NO2. The molecule has 0 aromatic carbocycles. The molecule has 2 heterocycles. The quantitative estimate of drug-likeness (QED) is 0.611. The number of cyclic esters (lactones) is 1. The molecule has 1 N–H and O–H groups in total. The van der Waals surface area contributed by atoms with E-state index in [1.807, 2.05) is 12.3 Å². The maximum Gasteiger partial charge on any atom is 0.337 e. The first kappa shape index (κ1) is 9.01. The van der Waals surface area contributed by atoms with E-state index in [0.717, 1.165) is 24.0 Å². The summed E-state index contributed by atoms with van der Waals surface area (Å²) < 4.78 is 5.12. The largest absolute Gasteiger partial charge is 0.457 e. The minimum atomic E-state index is -0.108. The van der Waals surface area contributed by atoms with E-state index in [-0.39, 0.29) is 11.5 Å². The van der Waals surface area contributed by atoms with Gasteiger partial charge in [-0.1, -0.05) is 19.3 Å². The van der Waals surface area contributed by atoms with Crippen LogP contribution in [0, 0.1) is 0 Å². The van der Waals surface area contributed by atoms with Crippen LogP contribution in [0.1, 0.15) is 32.1 Å². The number of ether oxygens (including phenoxy) is 1. The Balaban J connectivity index is 2.02. The zero-order valence-corrected chi connectivity index (χ0v) is 8.71. The van der Waals surface area contributed by atoms with E-state index in [1.54, 1.807) is 0 Å². The van der Waals surface area contributed by atoms with Crippen LogP contribution in [-0.4, -0.2) is 18.1 Å². The van der Waals surface area contributed by atoms with Crippen LogP contribution in [0.4, 0.5) is 0 Å². The second-order valence-electron chi connectivity index (χ2n) is 4.60. The summed E-state index contributed by atoms with van der Waals surface area (Å²) in [5, 5.41) is 3.40. The Morgan fingerprint density at radius 3 is 2.87 bits per heavy atom. The second kappa shape index (κ2) is 3.12. The molecule has 0 radical (unpaired) electrons. The molecule has 80 valence electrons. The van der Waals surface area contributed by atoms with E-state index in [2.05, 4.69) is 5.32 Å². The van der Waals surface area contributed by atoms with E-state index in [4.69, 9.17) is 4.74 Å². The number of fused-ring (bicyclic) bond motifs is 1. The van der Waals surface area contributed by atoms with Crippen LogP contribution < -0.4 is 5.32 Å². The molecule has 0 atom stereocenters. The molecule has 3 rings (SSSR count). The number of rotatable bonds is 0. The molecule has 1 aliphatic carbocycles. The van der Waals surface area contributed by atoms with Crippen molar-refractivity contribution in [3.8, 4) is 0 Å². The molecule has 1 saturated carbocycles. The highest BCUT2D eigenvalue weighted by molar-refractivity contribution is 5.95. The SMILES string of the molecule is O=C1OCC2=C1C1(CCCCC1)NC=C2. The lowest BCUT2D eigenvalue weighted by Crippen LogP contribution is -2.48. The van der Waals surface area contributed by atoms with Gasteiger partial charge in [0.1, 0.15) is 6.61 Å². The summed E-state index contributed by atoms with van der Waals surface area (Å²) in [6, 6.07) is 0. The summed E-state index contributed by atoms with van der Waals surface area (Å²) in [7, 11) is 0. The first-order valence-corrected chi connectivity index (χ1v) is 5.67. The van der Waals surface area contributed by atoms with Crippen molar-refractivity contribution in [1.82, 2.24) is 5.32 Å². The van der Waals surface area contributed by atoms with Crippen molar-refractivity contribution in [1.29, 1.82) is 0 Å². The highest BCUT2D eigenvalue weighted by atomic mass is 16.5. The van der Waals surface area contributed by atoms with Crippen LogP contribution in [0.5, 0.6) is 0 Å². The molecule has 3 heteroatoms. The normalized spacial score (nSPS) is 27.6. The van der Waals surface area contributed by atoms with Crippen LogP contribution >= 0.6 is 0 Å². The van der Waals surface area contributed by atoms with Crippen LogP contribution in [0.15, 0.2) is 23.4 Å². The predicted octanol–water partition coefficient (Wildman–Crippen LogP) is 1.66. The van der Waals surface area contributed by atoms with Gasteiger partial charge in [-0.05, 0) is 25.1 Å². The zero-order valence-electron chi connectivity index (χ0n) is 8.71. The summed E-state index contributed by atoms with van der Waals surface area (Å²) in [6.45, 7) is 0.466. The molecule has 3 nitrogen and oxygen atoms in total. The van der Waals surface area contributed by atoms with E-state index in [9.17, 15) is 4.79 Å². The van der Waals surface area contributed by atoms with Crippen LogP contribution in [0.3, 0.4) is 0 Å². The number of carbonyl (C=O) groups is 1. The third kappa shape index (κ3) is 1.22. The molecular weight excluding hydrogens is 190 g/mol. The first-order valence-electron chi connectivity index (χ1n) is 5.67. The Labute approximate surface area is 89.2 Å². The van der Waals surface area contributed by atoms with Crippen LogP contribution in [0.25, 0.3) is 0 Å². The van der Waals surface area contributed by atoms with E-state index in [0.29, 0.717) is 6.61 Å². The molecule has 2 aliphatic heterocycles. The lowest BCUT2D eigenvalue weighted by atomic mass is 9.74. The number of nitrogens with one attached hydrogen (secondary N) is 1.